The van der Waals surface area contributed by atoms with Crippen LogP contribution in [0.2, 0.25) is 0 Å². The molecular formula is C25H28N2O6. The maximum atomic E-state index is 13.1. The first-order chi connectivity index (χ1) is 15.9. The molecule has 8 nitrogen and oxygen atoms in total. The molecule has 1 fully saturated rings. The van der Waals surface area contributed by atoms with Gasteiger partial charge in [0.2, 0.25) is 0 Å². The van der Waals surface area contributed by atoms with Crippen LogP contribution in [0.4, 0.5) is 5.69 Å². The predicted molar refractivity (Wildman–Crippen MR) is 124 cm³/mol. The standard InChI is InChI=1S/C25H28N2O6/c1-26(2)18-8-5-16(6-9-18)22-21(24(29)25(30)27(22)11-4-12-31-3)23(28)17-7-10-19-20(15-17)33-14-13-32-19/h5-10,15,22,28H,4,11-14H2,1-3H3/t22-/m0/s1. The molecule has 4 rings (SSSR count). The molecule has 2 heterocycles. The van der Waals surface area contributed by atoms with E-state index >= 15 is 0 Å². The average Bonchev–Trinajstić information content (AvgIpc) is 3.08. The van der Waals surface area contributed by atoms with Crippen LogP contribution in [0, 0.1) is 0 Å². The molecule has 1 saturated heterocycles. The summed E-state index contributed by atoms with van der Waals surface area (Å²) in [5.41, 5.74) is 2.19. The van der Waals surface area contributed by atoms with Crippen LogP contribution in [-0.4, -0.2) is 69.3 Å². The van der Waals surface area contributed by atoms with Gasteiger partial charge in [0.15, 0.2) is 11.5 Å². The number of ketones is 1. The van der Waals surface area contributed by atoms with E-state index in [-0.39, 0.29) is 11.3 Å². The summed E-state index contributed by atoms with van der Waals surface area (Å²) >= 11 is 0. The van der Waals surface area contributed by atoms with E-state index in [0.29, 0.717) is 49.8 Å². The lowest BCUT2D eigenvalue weighted by Crippen LogP contribution is -2.31. The van der Waals surface area contributed by atoms with Gasteiger partial charge >= 0.3 is 0 Å². The number of hydrogen-bond acceptors (Lipinski definition) is 7. The van der Waals surface area contributed by atoms with Gasteiger partial charge in [-0.15, -0.1) is 0 Å². The third-order valence-electron chi connectivity index (χ3n) is 5.83. The van der Waals surface area contributed by atoms with Crippen LogP contribution in [0.3, 0.4) is 0 Å². The number of benzene rings is 2. The van der Waals surface area contributed by atoms with Crippen LogP contribution in [0.25, 0.3) is 5.76 Å². The van der Waals surface area contributed by atoms with Crippen molar-refractivity contribution in [2.45, 2.75) is 12.5 Å². The molecule has 0 saturated carbocycles. The fourth-order valence-electron chi connectivity index (χ4n) is 4.14. The van der Waals surface area contributed by atoms with Crippen LogP contribution < -0.4 is 14.4 Å². The van der Waals surface area contributed by atoms with Gasteiger partial charge in [0.1, 0.15) is 19.0 Å². The molecule has 0 radical (unpaired) electrons. The number of carbonyl (C=O) groups excluding carboxylic acids is 2. The molecule has 8 heteroatoms. The molecule has 174 valence electrons. The molecule has 0 aliphatic carbocycles. The predicted octanol–water partition coefficient (Wildman–Crippen LogP) is 2.98. The molecule has 2 aromatic rings. The van der Waals surface area contributed by atoms with E-state index in [1.54, 1.807) is 25.3 Å². The molecular weight excluding hydrogens is 424 g/mol. The number of anilines is 1. The van der Waals surface area contributed by atoms with Gasteiger partial charge in [-0.3, -0.25) is 9.59 Å². The topological polar surface area (TPSA) is 88.5 Å². The second kappa shape index (κ2) is 9.54. The van der Waals surface area contributed by atoms with Crippen LogP contribution in [0.5, 0.6) is 11.5 Å². The van der Waals surface area contributed by atoms with Crippen molar-refractivity contribution >= 4 is 23.1 Å². The number of rotatable bonds is 7. The zero-order valence-corrected chi connectivity index (χ0v) is 19.0. The average molecular weight is 453 g/mol. The van der Waals surface area contributed by atoms with Crippen molar-refractivity contribution in [3.63, 3.8) is 0 Å². The molecule has 0 bridgehead atoms. The largest absolute Gasteiger partial charge is 0.507 e. The van der Waals surface area contributed by atoms with Crippen LogP contribution >= 0.6 is 0 Å². The summed E-state index contributed by atoms with van der Waals surface area (Å²) in [4.78, 5) is 29.6. The number of nitrogens with zero attached hydrogens (tertiary/aromatic N) is 2. The minimum absolute atomic E-state index is 0.0618. The minimum Gasteiger partial charge on any atom is -0.507 e. The van der Waals surface area contributed by atoms with Gasteiger partial charge in [0, 0.05) is 45.6 Å². The number of aliphatic hydroxyl groups excluding tert-OH is 1. The van der Waals surface area contributed by atoms with Gasteiger partial charge in [-0.05, 0) is 42.3 Å². The van der Waals surface area contributed by atoms with Crippen molar-refractivity contribution in [1.29, 1.82) is 0 Å². The van der Waals surface area contributed by atoms with Crippen molar-refractivity contribution in [2.24, 2.45) is 0 Å². The first-order valence-corrected chi connectivity index (χ1v) is 10.9. The van der Waals surface area contributed by atoms with Gasteiger partial charge in [-0.25, -0.2) is 0 Å². The first-order valence-electron chi connectivity index (χ1n) is 10.9. The summed E-state index contributed by atoms with van der Waals surface area (Å²) in [7, 11) is 5.47. The van der Waals surface area contributed by atoms with Crippen LogP contribution in [0.15, 0.2) is 48.0 Å². The Morgan fingerprint density at radius 2 is 1.79 bits per heavy atom. The number of ether oxygens (including phenoxy) is 3. The number of aliphatic hydroxyl groups is 1. The highest BCUT2D eigenvalue weighted by atomic mass is 16.6. The molecule has 0 aromatic heterocycles. The van der Waals surface area contributed by atoms with E-state index in [4.69, 9.17) is 14.2 Å². The number of likely N-dealkylation sites (tertiary alicyclic amines) is 1. The second-order valence-electron chi connectivity index (χ2n) is 8.18. The van der Waals surface area contributed by atoms with Crippen molar-refractivity contribution in [2.75, 3.05) is 52.5 Å². The highest BCUT2D eigenvalue weighted by molar-refractivity contribution is 6.46. The zero-order chi connectivity index (χ0) is 23.5. The molecule has 0 spiro atoms. The number of hydrogen-bond donors (Lipinski definition) is 1. The molecule has 33 heavy (non-hydrogen) atoms. The van der Waals surface area contributed by atoms with Crippen molar-refractivity contribution in [3.05, 3.63) is 59.2 Å². The number of fused-ring (bicyclic) bond motifs is 1. The molecule has 0 unspecified atom stereocenters. The highest BCUT2D eigenvalue weighted by Gasteiger charge is 2.45. The van der Waals surface area contributed by atoms with E-state index < -0.39 is 17.7 Å². The summed E-state index contributed by atoms with van der Waals surface area (Å²) in [5, 5.41) is 11.2. The number of methoxy groups -OCH3 is 1. The maximum absolute atomic E-state index is 13.1. The third kappa shape index (κ3) is 4.39. The molecule has 1 amide bonds. The van der Waals surface area contributed by atoms with Crippen molar-refractivity contribution in [3.8, 4) is 11.5 Å². The fraction of sp³-hybridized carbons (Fsp3) is 0.360. The maximum Gasteiger partial charge on any atom is 0.295 e. The summed E-state index contributed by atoms with van der Waals surface area (Å²) in [6.07, 6.45) is 0.569. The Bertz CT molecular complexity index is 1080. The summed E-state index contributed by atoms with van der Waals surface area (Å²) < 4.78 is 16.3. The lowest BCUT2D eigenvalue weighted by molar-refractivity contribution is -0.140. The number of amides is 1. The van der Waals surface area contributed by atoms with Gasteiger partial charge in [0.25, 0.3) is 11.7 Å². The quantitative estimate of drug-likeness (QED) is 0.299. The smallest absolute Gasteiger partial charge is 0.295 e. The summed E-state index contributed by atoms with van der Waals surface area (Å²) in [6, 6.07) is 11.9. The Morgan fingerprint density at radius 1 is 1.09 bits per heavy atom. The SMILES string of the molecule is COCCCN1C(=O)C(=O)C(=C(O)c2ccc3c(c2)OCCO3)[C@@H]1c1ccc(N(C)C)cc1. The van der Waals surface area contributed by atoms with E-state index in [1.165, 1.54) is 4.90 Å². The minimum atomic E-state index is -0.707. The lowest BCUT2D eigenvalue weighted by Gasteiger charge is -2.26. The number of carbonyl (C=O) groups is 2. The Balaban J connectivity index is 1.79. The molecule has 2 aliphatic rings. The van der Waals surface area contributed by atoms with E-state index in [2.05, 4.69) is 0 Å². The fourth-order valence-corrected chi connectivity index (χ4v) is 4.14. The first kappa shape index (κ1) is 22.7. The van der Waals surface area contributed by atoms with Gasteiger partial charge < -0.3 is 29.1 Å². The van der Waals surface area contributed by atoms with E-state index in [9.17, 15) is 14.7 Å². The zero-order valence-electron chi connectivity index (χ0n) is 19.0. The highest BCUT2D eigenvalue weighted by Crippen LogP contribution is 2.41. The Kier molecular flexibility index (Phi) is 6.55. The monoisotopic (exact) mass is 452 g/mol. The molecule has 2 aliphatic heterocycles. The molecule has 2 aromatic carbocycles. The van der Waals surface area contributed by atoms with Crippen LogP contribution in [0.1, 0.15) is 23.6 Å². The Morgan fingerprint density at radius 3 is 2.45 bits per heavy atom. The van der Waals surface area contributed by atoms with Gasteiger partial charge in [-0.1, -0.05) is 12.1 Å². The normalized spacial score (nSPS) is 19.1. The van der Waals surface area contributed by atoms with Gasteiger partial charge in [-0.2, -0.15) is 0 Å². The van der Waals surface area contributed by atoms with E-state index in [0.717, 1.165) is 11.3 Å². The molecule has 1 atom stereocenters. The summed E-state index contributed by atoms with van der Waals surface area (Å²) in [5.74, 6) is -0.505. The summed E-state index contributed by atoms with van der Waals surface area (Å²) in [6.45, 7) is 1.64. The molecule has 1 N–H and O–H groups in total. The lowest BCUT2D eigenvalue weighted by atomic mass is 9.95. The number of Topliss-reactive ketones (excluding diaryl/α,β-unsaturated/α-hetero) is 1. The Labute approximate surface area is 193 Å². The van der Waals surface area contributed by atoms with E-state index in [1.807, 2.05) is 43.3 Å². The Hall–Kier alpha value is -3.52. The van der Waals surface area contributed by atoms with Crippen LogP contribution in [-0.2, 0) is 14.3 Å². The van der Waals surface area contributed by atoms with Gasteiger partial charge in [0.05, 0.1) is 11.6 Å². The van der Waals surface area contributed by atoms with Crippen molar-refractivity contribution in [1.82, 2.24) is 4.90 Å². The second-order valence-corrected chi connectivity index (χ2v) is 8.18. The van der Waals surface area contributed by atoms with Crippen molar-refractivity contribution < 1.29 is 28.9 Å². The third-order valence-corrected chi connectivity index (χ3v) is 5.83.